The Kier molecular flexibility index (Phi) is 4.18. The molecule has 1 aromatic heterocycles. The zero-order chi connectivity index (χ0) is 13.9. The number of hydrogen-bond donors (Lipinski definition) is 2. The highest BCUT2D eigenvalue weighted by Crippen LogP contribution is 2.21. The molecule has 1 unspecified atom stereocenters. The van der Waals surface area contributed by atoms with Gasteiger partial charge in [0.2, 0.25) is 10.0 Å². The zero-order valence-corrected chi connectivity index (χ0v) is 12.0. The number of anilines is 1. The lowest BCUT2D eigenvalue weighted by Gasteiger charge is -2.13. The van der Waals surface area contributed by atoms with Gasteiger partial charge in [-0.05, 0) is 24.6 Å². The van der Waals surface area contributed by atoms with Gasteiger partial charge in [-0.3, -0.25) is 0 Å². The Morgan fingerprint density at radius 3 is 2.58 bits per heavy atom. The van der Waals surface area contributed by atoms with E-state index < -0.39 is 10.0 Å². The Labute approximate surface area is 116 Å². The smallest absolute Gasteiger partial charge is 0.213 e. The molecule has 102 valence electrons. The van der Waals surface area contributed by atoms with E-state index in [0.29, 0.717) is 5.56 Å². The third kappa shape index (κ3) is 4.30. The van der Waals surface area contributed by atoms with E-state index in [4.69, 9.17) is 5.14 Å². The van der Waals surface area contributed by atoms with Gasteiger partial charge in [0, 0.05) is 17.3 Å². The van der Waals surface area contributed by atoms with Crippen LogP contribution in [0.25, 0.3) is 0 Å². The van der Waals surface area contributed by atoms with Crippen LogP contribution in [0.4, 0.5) is 5.69 Å². The van der Waals surface area contributed by atoms with Gasteiger partial charge in [-0.15, -0.1) is 11.3 Å². The molecule has 1 heterocycles. The zero-order valence-electron chi connectivity index (χ0n) is 10.4. The van der Waals surface area contributed by atoms with Gasteiger partial charge in [-0.1, -0.05) is 12.1 Å². The van der Waals surface area contributed by atoms with Gasteiger partial charge < -0.3 is 5.32 Å². The summed E-state index contributed by atoms with van der Waals surface area (Å²) in [6.45, 7) is 2.02. The van der Waals surface area contributed by atoms with E-state index in [-0.39, 0.29) is 11.8 Å². The summed E-state index contributed by atoms with van der Waals surface area (Å²) in [4.78, 5) is 4.24. The van der Waals surface area contributed by atoms with Crippen molar-refractivity contribution in [1.29, 1.82) is 0 Å². The van der Waals surface area contributed by atoms with Gasteiger partial charge in [0.25, 0.3) is 0 Å². The Hall–Kier alpha value is -1.44. The topological polar surface area (TPSA) is 85.1 Å². The molecule has 1 aromatic carbocycles. The molecule has 0 aliphatic carbocycles. The summed E-state index contributed by atoms with van der Waals surface area (Å²) in [5.74, 6) is -0.144. The van der Waals surface area contributed by atoms with Crippen LogP contribution in [0.5, 0.6) is 0 Å². The highest BCUT2D eigenvalue weighted by Gasteiger charge is 2.08. The standard InChI is InChI=1S/C12H15N3O2S2/c1-9(12-14-6-7-18-12)15-11-4-2-10(3-5-11)8-19(13,16)17/h2-7,9,15H,8H2,1H3,(H2,13,16,17). The largest absolute Gasteiger partial charge is 0.376 e. The van der Waals surface area contributed by atoms with Crippen LogP contribution in [0.1, 0.15) is 23.5 Å². The first-order chi connectivity index (χ1) is 8.94. The third-order valence-corrected chi connectivity index (χ3v) is 4.22. The summed E-state index contributed by atoms with van der Waals surface area (Å²) in [6, 6.07) is 7.29. The molecule has 7 heteroatoms. The summed E-state index contributed by atoms with van der Waals surface area (Å²) in [6.07, 6.45) is 1.77. The highest BCUT2D eigenvalue weighted by atomic mass is 32.2. The molecule has 0 fully saturated rings. The number of hydrogen-bond acceptors (Lipinski definition) is 5. The molecule has 0 saturated heterocycles. The molecule has 0 spiro atoms. The SMILES string of the molecule is CC(Nc1ccc(CS(N)(=O)=O)cc1)c1nccs1. The van der Waals surface area contributed by atoms with Crippen LogP contribution >= 0.6 is 11.3 Å². The van der Waals surface area contributed by atoms with Gasteiger partial charge in [0.05, 0.1) is 11.8 Å². The number of aromatic nitrogens is 1. The number of nitrogens with zero attached hydrogens (tertiary/aromatic N) is 1. The molecule has 0 radical (unpaired) electrons. The molecule has 2 rings (SSSR count). The number of benzene rings is 1. The van der Waals surface area contributed by atoms with E-state index in [2.05, 4.69) is 10.3 Å². The normalized spacial score (nSPS) is 13.2. The minimum absolute atomic E-state index is 0.115. The lowest BCUT2D eigenvalue weighted by molar-refractivity contribution is 0.597. The minimum Gasteiger partial charge on any atom is -0.376 e. The summed E-state index contributed by atoms with van der Waals surface area (Å²) >= 11 is 1.59. The molecule has 0 aliphatic heterocycles. The molecular formula is C12H15N3O2S2. The van der Waals surface area contributed by atoms with E-state index in [1.807, 2.05) is 24.4 Å². The number of rotatable bonds is 5. The molecule has 19 heavy (non-hydrogen) atoms. The van der Waals surface area contributed by atoms with Crippen molar-refractivity contribution < 1.29 is 8.42 Å². The summed E-state index contributed by atoms with van der Waals surface area (Å²) < 4.78 is 21.9. The molecule has 1 atom stereocenters. The Morgan fingerprint density at radius 1 is 1.37 bits per heavy atom. The number of nitrogens with one attached hydrogen (secondary N) is 1. The molecule has 3 N–H and O–H groups in total. The van der Waals surface area contributed by atoms with Crippen LogP contribution in [0.15, 0.2) is 35.8 Å². The number of nitrogens with two attached hydrogens (primary N) is 1. The van der Waals surface area contributed by atoms with Crippen molar-refractivity contribution in [2.24, 2.45) is 5.14 Å². The maximum atomic E-state index is 11.0. The van der Waals surface area contributed by atoms with E-state index in [1.165, 1.54) is 0 Å². The number of primary sulfonamides is 1. The third-order valence-electron chi connectivity index (χ3n) is 2.53. The lowest BCUT2D eigenvalue weighted by Crippen LogP contribution is -2.14. The first-order valence-corrected chi connectivity index (χ1v) is 8.29. The van der Waals surface area contributed by atoms with Crippen molar-refractivity contribution in [3.63, 3.8) is 0 Å². The van der Waals surface area contributed by atoms with Crippen LogP contribution in [0.2, 0.25) is 0 Å². The van der Waals surface area contributed by atoms with E-state index in [0.717, 1.165) is 10.7 Å². The maximum Gasteiger partial charge on any atom is 0.213 e. The van der Waals surface area contributed by atoms with Crippen molar-refractivity contribution in [3.8, 4) is 0 Å². The molecule has 0 saturated carbocycles. The fourth-order valence-electron chi connectivity index (χ4n) is 1.69. The van der Waals surface area contributed by atoms with Crippen molar-refractivity contribution >= 4 is 27.0 Å². The van der Waals surface area contributed by atoms with Crippen molar-refractivity contribution in [3.05, 3.63) is 46.4 Å². The van der Waals surface area contributed by atoms with Gasteiger partial charge in [0.15, 0.2) is 0 Å². The predicted octanol–water partition coefficient (Wildman–Crippen LogP) is 2.10. The fourth-order valence-corrected chi connectivity index (χ4v) is 2.99. The minimum atomic E-state index is -3.48. The van der Waals surface area contributed by atoms with Crippen molar-refractivity contribution in [1.82, 2.24) is 4.98 Å². The van der Waals surface area contributed by atoms with Crippen LogP contribution in [-0.4, -0.2) is 13.4 Å². The predicted molar refractivity (Wildman–Crippen MR) is 77.4 cm³/mol. The second-order valence-corrected chi connectivity index (χ2v) is 6.78. The highest BCUT2D eigenvalue weighted by molar-refractivity contribution is 7.88. The van der Waals surface area contributed by atoms with Gasteiger partial charge in [-0.2, -0.15) is 0 Å². The number of sulfonamides is 1. The first-order valence-electron chi connectivity index (χ1n) is 5.69. The second kappa shape index (κ2) is 5.68. The van der Waals surface area contributed by atoms with Gasteiger partial charge in [-0.25, -0.2) is 18.5 Å². The average Bonchev–Trinajstić information content (AvgIpc) is 2.83. The summed E-state index contributed by atoms with van der Waals surface area (Å²) in [5.41, 5.74) is 1.59. The number of thiazole rings is 1. The summed E-state index contributed by atoms with van der Waals surface area (Å²) in [7, 11) is -3.48. The van der Waals surface area contributed by atoms with E-state index in [1.54, 1.807) is 29.7 Å². The van der Waals surface area contributed by atoms with E-state index in [9.17, 15) is 8.42 Å². The Balaban J connectivity index is 2.03. The Morgan fingerprint density at radius 2 is 2.05 bits per heavy atom. The molecular weight excluding hydrogens is 282 g/mol. The first kappa shape index (κ1) is 14.0. The molecule has 0 aliphatic rings. The average molecular weight is 297 g/mol. The molecule has 5 nitrogen and oxygen atoms in total. The van der Waals surface area contributed by atoms with Crippen LogP contribution in [-0.2, 0) is 15.8 Å². The quantitative estimate of drug-likeness (QED) is 0.885. The molecule has 2 aromatic rings. The summed E-state index contributed by atoms with van der Waals surface area (Å²) in [5, 5.41) is 11.2. The fraction of sp³-hybridized carbons (Fsp3) is 0.250. The van der Waals surface area contributed by atoms with Crippen LogP contribution in [0.3, 0.4) is 0 Å². The van der Waals surface area contributed by atoms with Gasteiger partial charge >= 0.3 is 0 Å². The second-order valence-electron chi connectivity index (χ2n) is 4.24. The van der Waals surface area contributed by atoms with Crippen LogP contribution < -0.4 is 10.5 Å². The Bertz CT molecular complexity index is 622. The molecule has 0 amide bonds. The monoisotopic (exact) mass is 297 g/mol. The van der Waals surface area contributed by atoms with Gasteiger partial charge in [0.1, 0.15) is 5.01 Å². The van der Waals surface area contributed by atoms with Crippen LogP contribution in [0, 0.1) is 0 Å². The lowest BCUT2D eigenvalue weighted by atomic mass is 10.2. The van der Waals surface area contributed by atoms with Crippen molar-refractivity contribution in [2.45, 2.75) is 18.7 Å². The molecule has 0 bridgehead atoms. The maximum absolute atomic E-state index is 11.0. The van der Waals surface area contributed by atoms with E-state index >= 15 is 0 Å². The van der Waals surface area contributed by atoms with Crippen molar-refractivity contribution in [2.75, 3.05) is 5.32 Å².